The number of rotatable bonds is 3. The van der Waals surface area contributed by atoms with Crippen molar-refractivity contribution in [3.8, 4) is 0 Å². The maximum atomic E-state index is 13.1. The lowest BCUT2D eigenvalue weighted by Gasteiger charge is -2.57. The van der Waals surface area contributed by atoms with Gasteiger partial charge >= 0.3 is 0 Å². The molecular weight excluding hydrogens is 332 g/mol. The van der Waals surface area contributed by atoms with Gasteiger partial charge in [-0.05, 0) is 80.6 Å². The van der Waals surface area contributed by atoms with Gasteiger partial charge in [0.1, 0.15) is 6.04 Å². The first-order chi connectivity index (χ1) is 12.1. The number of thiophene rings is 1. The van der Waals surface area contributed by atoms with Gasteiger partial charge in [-0.25, -0.2) is 0 Å². The fraction of sp³-hybridized carbons (Fsp3) is 0.700. The number of carbonyl (C=O) groups excluding carboxylic acids is 2. The van der Waals surface area contributed by atoms with Crippen LogP contribution in [0.25, 0.3) is 0 Å². The van der Waals surface area contributed by atoms with Crippen molar-refractivity contribution in [2.75, 3.05) is 6.54 Å². The van der Waals surface area contributed by atoms with E-state index in [4.69, 9.17) is 0 Å². The molecule has 1 aliphatic heterocycles. The molecule has 1 N–H and O–H groups in total. The Balaban J connectivity index is 1.31. The quantitative estimate of drug-likeness (QED) is 0.900. The van der Waals surface area contributed by atoms with Gasteiger partial charge in [0.15, 0.2) is 0 Å². The molecule has 1 saturated heterocycles. The van der Waals surface area contributed by atoms with Gasteiger partial charge in [-0.2, -0.15) is 0 Å². The highest BCUT2D eigenvalue weighted by Gasteiger charge is 2.52. The summed E-state index contributed by atoms with van der Waals surface area (Å²) in [5.74, 6) is 2.58. The normalized spacial score (nSPS) is 39.0. The van der Waals surface area contributed by atoms with Crippen LogP contribution in [0, 0.1) is 17.8 Å². The van der Waals surface area contributed by atoms with Crippen molar-refractivity contribution in [1.82, 2.24) is 10.2 Å². The van der Waals surface area contributed by atoms with Gasteiger partial charge in [-0.3, -0.25) is 9.59 Å². The second-order valence-electron chi connectivity index (χ2n) is 8.82. The van der Waals surface area contributed by atoms with E-state index in [-0.39, 0.29) is 23.4 Å². The van der Waals surface area contributed by atoms with E-state index in [9.17, 15) is 9.59 Å². The zero-order valence-corrected chi connectivity index (χ0v) is 15.4. The van der Waals surface area contributed by atoms with Gasteiger partial charge in [0, 0.05) is 12.1 Å². The van der Waals surface area contributed by atoms with Gasteiger partial charge in [0.05, 0.1) is 4.88 Å². The van der Waals surface area contributed by atoms with E-state index in [1.165, 1.54) is 30.6 Å². The van der Waals surface area contributed by atoms with Crippen LogP contribution >= 0.6 is 11.3 Å². The second kappa shape index (κ2) is 5.83. The van der Waals surface area contributed by atoms with Crippen LogP contribution in [-0.4, -0.2) is 34.8 Å². The van der Waals surface area contributed by atoms with Gasteiger partial charge in [0.2, 0.25) is 5.91 Å². The lowest BCUT2D eigenvalue weighted by Crippen LogP contribution is -2.62. The predicted octanol–water partition coefficient (Wildman–Crippen LogP) is 3.44. The molecule has 4 nitrogen and oxygen atoms in total. The zero-order chi connectivity index (χ0) is 17.0. The van der Waals surface area contributed by atoms with Crippen molar-refractivity contribution in [1.29, 1.82) is 0 Å². The van der Waals surface area contributed by atoms with E-state index >= 15 is 0 Å². The molecular formula is C20H26N2O2S. The van der Waals surface area contributed by atoms with E-state index in [1.807, 2.05) is 22.4 Å². The largest absolute Gasteiger partial charge is 0.349 e. The molecule has 5 fully saturated rings. The van der Waals surface area contributed by atoms with Crippen LogP contribution in [0.1, 0.15) is 61.0 Å². The minimum atomic E-state index is -0.275. The summed E-state index contributed by atoms with van der Waals surface area (Å²) < 4.78 is 0. The maximum absolute atomic E-state index is 13.1. The number of amides is 2. The topological polar surface area (TPSA) is 49.4 Å². The fourth-order valence-corrected chi connectivity index (χ4v) is 7.11. The van der Waals surface area contributed by atoms with Crippen LogP contribution in [0.15, 0.2) is 17.5 Å². The molecule has 2 heterocycles. The molecule has 4 bridgehead atoms. The van der Waals surface area contributed by atoms with Gasteiger partial charge in [-0.15, -0.1) is 11.3 Å². The Hall–Kier alpha value is -1.36. The Kier molecular flexibility index (Phi) is 3.70. The first-order valence-electron chi connectivity index (χ1n) is 9.78. The van der Waals surface area contributed by atoms with Gasteiger partial charge in [-0.1, -0.05) is 6.07 Å². The number of nitrogens with one attached hydrogen (secondary N) is 1. The third-order valence-electron chi connectivity index (χ3n) is 6.97. The summed E-state index contributed by atoms with van der Waals surface area (Å²) in [5, 5.41) is 5.39. The molecule has 1 aromatic heterocycles. The van der Waals surface area contributed by atoms with Crippen LogP contribution in [0.3, 0.4) is 0 Å². The Morgan fingerprint density at radius 2 is 1.80 bits per heavy atom. The van der Waals surface area contributed by atoms with E-state index in [0.717, 1.165) is 54.7 Å². The second-order valence-corrected chi connectivity index (χ2v) is 9.77. The average molecular weight is 359 g/mol. The fourth-order valence-electron chi connectivity index (χ4n) is 6.43. The number of nitrogens with zero attached hydrogens (tertiary/aromatic N) is 1. The molecule has 5 heteroatoms. The predicted molar refractivity (Wildman–Crippen MR) is 97.4 cm³/mol. The molecule has 0 radical (unpaired) electrons. The van der Waals surface area contributed by atoms with Crippen molar-refractivity contribution in [2.45, 2.75) is 62.9 Å². The summed E-state index contributed by atoms with van der Waals surface area (Å²) in [7, 11) is 0. The molecule has 134 valence electrons. The van der Waals surface area contributed by atoms with Gasteiger partial charge in [0.25, 0.3) is 5.91 Å². The van der Waals surface area contributed by atoms with Crippen LogP contribution in [0.2, 0.25) is 0 Å². The molecule has 1 unspecified atom stereocenters. The van der Waals surface area contributed by atoms with E-state index in [1.54, 1.807) is 0 Å². The Labute approximate surface area is 153 Å². The molecule has 0 spiro atoms. The minimum Gasteiger partial charge on any atom is -0.349 e. The van der Waals surface area contributed by atoms with Crippen LogP contribution < -0.4 is 5.32 Å². The lowest BCUT2D eigenvalue weighted by atomic mass is 9.53. The van der Waals surface area contributed by atoms with Crippen molar-refractivity contribution in [3.05, 3.63) is 22.4 Å². The maximum Gasteiger partial charge on any atom is 0.264 e. The number of carbonyl (C=O) groups is 2. The third kappa shape index (κ3) is 2.71. The van der Waals surface area contributed by atoms with Crippen molar-refractivity contribution in [2.24, 2.45) is 17.8 Å². The van der Waals surface area contributed by atoms with Crippen molar-refractivity contribution in [3.63, 3.8) is 0 Å². The third-order valence-corrected chi connectivity index (χ3v) is 7.83. The van der Waals surface area contributed by atoms with Crippen LogP contribution in [-0.2, 0) is 4.79 Å². The Morgan fingerprint density at radius 1 is 1.12 bits per heavy atom. The molecule has 6 rings (SSSR count). The highest BCUT2D eigenvalue weighted by atomic mass is 32.1. The molecule has 25 heavy (non-hydrogen) atoms. The van der Waals surface area contributed by atoms with Gasteiger partial charge < -0.3 is 10.2 Å². The zero-order valence-electron chi connectivity index (χ0n) is 14.6. The van der Waals surface area contributed by atoms with E-state index < -0.39 is 0 Å². The summed E-state index contributed by atoms with van der Waals surface area (Å²) in [6, 6.07) is 3.49. The molecule has 0 aromatic carbocycles. The summed E-state index contributed by atoms with van der Waals surface area (Å²) in [6.07, 6.45) is 9.35. The molecule has 4 aliphatic carbocycles. The molecule has 1 aromatic rings. The number of likely N-dealkylation sites (tertiary alicyclic amines) is 1. The summed E-state index contributed by atoms with van der Waals surface area (Å²) in [5.41, 5.74) is 0.0338. The van der Waals surface area contributed by atoms with Crippen molar-refractivity contribution >= 4 is 23.2 Å². The summed E-state index contributed by atoms with van der Waals surface area (Å²) in [6.45, 7) is 0.704. The first kappa shape index (κ1) is 15.9. The monoisotopic (exact) mass is 358 g/mol. The Bertz CT molecular complexity index is 649. The number of hydrogen-bond donors (Lipinski definition) is 1. The summed E-state index contributed by atoms with van der Waals surface area (Å²) in [4.78, 5) is 28.4. The average Bonchev–Trinajstić information content (AvgIpc) is 3.24. The molecule has 5 aliphatic rings. The van der Waals surface area contributed by atoms with Crippen molar-refractivity contribution < 1.29 is 9.59 Å². The lowest BCUT2D eigenvalue weighted by molar-refractivity contribution is -0.130. The van der Waals surface area contributed by atoms with Crippen LogP contribution in [0.5, 0.6) is 0 Å². The van der Waals surface area contributed by atoms with Crippen LogP contribution in [0.4, 0.5) is 0 Å². The first-order valence-corrected chi connectivity index (χ1v) is 10.7. The molecule has 4 saturated carbocycles. The highest BCUT2D eigenvalue weighted by Crippen LogP contribution is 2.55. The summed E-state index contributed by atoms with van der Waals surface area (Å²) >= 11 is 1.46. The highest BCUT2D eigenvalue weighted by molar-refractivity contribution is 7.12. The SMILES string of the molecule is O=C(NC12CC3CC(CC(C3)C1)C2)C1CCCN1C(=O)c1cccs1. The Morgan fingerprint density at radius 3 is 2.40 bits per heavy atom. The smallest absolute Gasteiger partial charge is 0.264 e. The van der Waals surface area contributed by atoms with E-state index in [2.05, 4.69) is 5.32 Å². The van der Waals surface area contributed by atoms with E-state index in [0.29, 0.717) is 6.54 Å². The molecule has 2 amide bonds. The number of hydrogen-bond acceptors (Lipinski definition) is 3. The standard InChI is InChI=1S/C20H26N2O2S/c23-18(16-3-1-5-22(16)19(24)17-4-2-6-25-17)21-20-10-13-7-14(11-20)9-15(8-13)12-20/h2,4,6,13-16H,1,3,5,7-12H2,(H,21,23). The minimum absolute atomic E-state index is 0.0261. The molecule has 1 atom stereocenters.